The van der Waals surface area contributed by atoms with Crippen LogP contribution in [0.2, 0.25) is 5.02 Å². The molecule has 1 fully saturated rings. The summed E-state index contributed by atoms with van der Waals surface area (Å²) >= 11 is 6.17. The molecular weight excluding hydrogens is 310 g/mol. The maximum absolute atomic E-state index is 12.7. The largest absolute Gasteiger partial charge is 0.396 e. The topological polar surface area (TPSA) is 57.6 Å². The standard InChI is InChI=1S/C15H22ClNO3S/c1-11-4-3-5-14(15(11)16)21(19,20)17(2)13-8-6-12(10-18)7-9-13/h3-5,12-13,18H,6-10H2,1-2H3. The fourth-order valence-corrected chi connectivity index (χ4v) is 4.83. The zero-order valence-corrected chi connectivity index (χ0v) is 14.0. The van der Waals surface area contributed by atoms with Gasteiger partial charge in [0.1, 0.15) is 4.90 Å². The van der Waals surface area contributed by atoms with E-state index in [1.807, 2.05) is 0 Å². The maximum atomic E-state index is 12.7. The first-order valence-corrected chi connectivity index (χ1v) is 9.03. The number of nitrogens with zero attached hydrogens (tertiary/aromatic N) is 1. The van der Waals surface area contributed by atoms with Gasteiger partial charge >= 0.3 is 0 Å². The van der Waals surface area contributed by atoms with Crippen LogP contribution in [0.25, 0.3) is 0 Å². The number of benzene rings is 1. The quantitative estimate of drug-likeness (QED) is 0.923. The molecule has 0 unspecified atom stereocenters. The number of hydrogen-bond acceptors (Lipinski definition) is 3. The Labute approximate surface area is 131 Å². The summed E-state index contributed by atoms with van der Waals surface area (Å²) in [5.41, 5.74) is 0.759. The second kappa shape index (κ2) is 6.65. The summed E-state index contributed by atoms with van der Waals surface area (Å²) in [6.45, 7) is 1.99. The zero-order valence-electron chi connectivity index (χ0n) is 12.4. The van der Waals surface area contributed by atoms with Crippen LogP contribution >= 0.6 is 11.6 Å². The van der Waals surface area contributed by atoms with Crippen LogP contribution in [0.15, 0.2) is 23.1 Å². The van der Waals surface area contributed by atoms with Gasteiger partial charge in [-0.1, -0.05) is 23.7 Å². The van der Waals surface area contributed by atoms with Crippen LogP contribution in [0, 0.1) is 12.8 Å². The molecule has 0 bridgehead atoms. The Morgan fingerprint density at radius 1 is 1.29 bits per heavy atom. The van der Waals surface area contributed by atoms with E-state index >= 15 is 0 Å². The summed E-state index contributed by atoms with van der Waals surface area (Å²) in [4.78, 5) is 0.177. The number of rotatable bonds is 4. The summed E-state index contributed by atoms with van der Waals surface area (Å²) in [7, 11) is -1.95. The molecule has 0 aliphatic heterocycles. The average molecular weight is 332 g/mol. The second-order valence-electron chi connectivity index (χ2n) is 5.77. The van der Waals surface area contributed by atoms with Crippen molar-refractivity contribution in [3.63, 3.8) is 0 Å². The van der Waals surface area contributed by atoms with Gasteiger partial charge in [0, 0.05) is 19.7 Å². The van der Waals surface area contributed by atoms with Crippen molar-refractivity contribution < 1.29 is 13.5 Å². The monoisotopic (exact) mass is 331 g/mol. The summed E-state index contributed by atoms with van der Waals surface area (Å²) < 4.78 is 26.9. The molecule has 0 saturated heterocycles. The first kappa shape index (κ1) is 16.7. The van der Waals surface area contributed by atoms with Gasteiger partial charge in [0.05, 0.1) is 5.02 Å². The first-order chi connectivity index (χ1) is 9.87. The molecule has 0 spiro atoms. The zero-order chi connectivity index (χ0) is 15.6. The van der Waals surface area contributed by atoms with E-state index in [0.717, 1.165) is 31.2 Å². The fraction of sp³-hybridized carbons (Fsp3) is 0.600. The van der Waals surface area contributed by atoms with Gasteiger partial charge in [0.2, 0.25) is 10.0 Å². The molecule has 6 heteroatoms. The van der Waals surface area contributed by atoms with Crippen molar-refractivity contribution in [3.05, 3.63) is 28.8 Å². The van der Waals surface area contributed by atoms with Crippen molar-refractivity contribution in [2.45, 2.75) is 43.5 Å². The van der Waals surface area contributed by atoms with E-state index in [-0.39, 0.29) is 17.5 Å². The number of sulfonamides is 1. The number of aryl methyl sites for hydroxylation is 1. The predicted octanol–water partition coefficient (Wildman–Crippen LogP) is 2.82. The van der Waals surface area contributed by atoms with E-state index < -0.39 is 10.0 Å². The molecular formula is C15H22ClNO3S. The maximum Gasteiger partial charge on any atom is 0.244 e. The minimum absolute atomic E-state index is 0.0191. The van der Waals surface area contributed by atoms with Gasteiger partial charge in [-0.15, -0.1) is 0 Å². The van der Waals surface area contributed by atoms with E-state index in [9.17, 15) is 13.5 Å². The Bertz CT molecular complexity index is 595. The van der Waals surface area contributed by atoms with E-state index in [2.05, 4.69) is 0 Å². The molecule has 1 saturated carbocycles. The van der Waals surface area contributed by atoms with Crippen LogP contribution in [0.1, 0.15) is 31.2 Å². The molecule has 1 aliphatic rings. The number of hydrogen-bond donors (Lipinski definition) is 1. The predicted molar refractivity (Wildman–Crippen MR) is 84.0 cm³/mol. The molecule has 1 aromatic carbocycles. The molecule has 0 atom stereocenters. The second-order valence-corrected chi connectivity index (χ2v) is 8.11. The van der Waals surface area contributed by atoms with Gasteiger partial charge in [-0.05, 0) is 50.2 Å². The number of aliphatic hydroxyl groups excluding tert-OH is 1. The number of halogens is 1. The summed E-state index contributed by atoms with van der Waals surface area (Å²) in [6.07, 6.45) is 3.29. The Balaban J connectivity index is 2.21. The Morgan fingerprint density at radius 3 is 2.48 bits per heavy atom. The van der Waals surface area contributed by atoms with Crippen molar-refractivity contribution in [2.75, 3.05) is 13.7 Å². The van der Waals surface area contributed by atoms with Gasteiger partial charge in [0.15, 0.2) is 0 Å². The molecule has 0 radical (unpaired) electrons. The average Bonchev–Trinajstić information content (AvgIpc) is 2.49. The van der Waals surface area contributed by atoms with Crippen LogP contribution in [0.4, 0.5) is 0 Å². The Morgan fingerprint density at radius 2 is 1.90 bits per heavy atom. The molecule has 1 aliphatic carbocycles. The van der Waals surface area contributed by atoms with Crippen molar-refractivity contribution in [3.8, 4) is 0 Å². The van der Waals surface area contributed by atoms with E-state index in [1.165, 1.54) is 4.31 Å². The minimum atomic E-state index is -3.58. The first-order valence-electron chi connectivity index (χ1n) is 7.22. The lowest BCUT2D eigenvalue weighted by Gasteiger charge is -2.33. The lowest BCUT2D eigenvalue weighted by Crippen LogP contribution is -2.39. The van der Waals surface area contributed by atoms with Crippen LogP contribution < -0.4 is 0 Å². The molecule has 0 amide bonds. The van der Waals surface area contributed by atoms with Gasteiger partial charge in [0.25, 0.3) is 0 Å². The highest BCUT2D eigenvalue weighted by Crippen LogP contribution is 2.32. The van der Waals surface area contributed by atoms with Crippen LogP contribution in [0.5, 0.6) is 0 Å². The lowest BCUT2D eigenvalue weighted by molar-refractivity contribution is 0.159. The van der Waals surface area contributed by atoms with Crippen molar-refractivity contribution >= 4 is 21.6 Å². The van der Waals surface area contributed by atoms with Crippen LogP contribution in [-0.4, -0.2) is 37.5 Å². The highest BCUT2D eigenvalue weighted by molar-refractivity contribution is 7.89. The Hall–Kier alpha value is -0.620. The SMILES string of the molecule is Cc1cccc(S(=O)(=O)N(C)C2CCC(CO)CC2)c1Cl. The van der Waals surface area contributed by atoms with Gasteiger partial charge in [-0.25, -0.2) is 8.42 Å². The molecule has 1 N–H and O–H groups in total. The third kappa shape index (κ3) is 3.42. The van der Waals surface area contributed by atoms with E-state index in [0.29, 0.717) is 10.9 Å². The van der Waals surface area contributed by atoms with Crippen molar-refractivity contribution in [1.29, 1.82) is 0 Å². The third-order valence-corrected chi connectivity index (χ3v) is 6.97. The highest BCUT2D eigenvalue weighted by Gasteiger charge is 2.32. The molecule has 4 nitrogen and oxygen atoms in total. The van der Waals surface area contributed by atoms with E-state index in [4.69, 9.17) is 11.6 Å². The van der Waals surface area contributed by atoms with Crippen molar-refractivity contribution in [2.24, 2.45) is 5.92 Å². The summed E-state index contributed by atoms with van der Waals surface area (Å²) in [5.74, 6) is 0.305. The van der Waals surface area contributed by atoms with Crippen LogP contribution in [0.3, 0.4) is 0 Å². The highest BCUT2D eigenvalue weighted by atomic mass is 35.5. The molecule has 118 valence electrons. The molecule has 21 heavy (non-hydrogen) atoms. The van der Waals surface area contributed by atoms with Gasteiger partial charge in [-0.3, -0.25) is 0 Å². The third-order valence-electron chi connectivity index (χ3n) is 4.40. The van der Waals surface area contributed by atoms with Crippen molar-refractivity contribution in [1.82, 2.24) is 4.31 Å². The molecule has 0 heterocycles. The van der Waals surface area contributed by atoms with Gasteiger partial charge < -0.3 is 5.11 Å². The number of aliphatic hydroxyl groups is 1. The molecule has 0 aromatic heterocycles. The fourth-order valence-electron chi connectivity index (χ4n) is 2.86. The van der Waals surface area contributed by atoms with Crippen LogP contribution in [-0.2, 0) is 10.0 Å². The summed E-state index contributed by atoms with van der Waals surface area (Å²) in [6, 6.07) is 5.05. The normalized spacial score (nSPS) is 23.5. The lowest BCUT2D eigenvalue weighted by atomic mass is 9.87. The molecule has 1 aromatic rings. The minimum Gasteiger partial charge on any atom is -0.396 e. The molecule has 2 rings (SSSR count). The van der Waals surface area contributed by atoms with E-state index in [1.54, 1.807) is 32.2 Å². The van der Waals surface area contributed by atoms with Gasteiger partial charge in [-0.2, -0.15) is 4.31 Å². The summed E-state index contributed by atoms with van der Waals surface area (Å²) in [5, 5.41) is 9.47. The Kier molecular flexibility index (Phi) is 5.30. The smallest absolute Gasteiger partial charge is 0.244 e.